The number of carbonyl (C=O) groups excluding carboxylic acids is 2. The number of anilines is 1. The van der Waals surface area contributed by atoms with Gasteiger partial charge in [0.2, 0.25) is 5.78 Å². The number of ketones is 1. The lowest BCUT2D eigenvalue weighted by molar-refractivity contribution is -0.143. The van der Waals surface area contributed by atoms with Crippen LogP contribution in [0.25, 0.3) is 5.69 Å². The van der Waals surface area contributed by atoms with Crippen molar-refractivity contribution in [2.75, 3.05) is 5.32 Å². The highest BCUT2D eigenvalue weighted by molar-refractivity contribution is 6.08. The van der Waals surface area contributed by atoms with E-state index in [2.05, 4.69) is 15.4 Å². The first-order valence-electron chi connectivity index (χ1n) is 9.40. The van der Waals surface area contributed by atoms with Gasteiger partial charge in [-0.1, -0.05) is 18.2 Å². The molecule has 2 heterocycles. The molecule has 0 aliphatic carbocycles. The van der Waals surface area contributed by atoms with Crippen molar-refractivity contribution >= 4 is 17.4 Å². The van der Waals surface area contributed by atoms with Gasteiger partial charge in [-0.2, -0.15) is 18.3 Å². The van der Waals surface area contributed by atoms with Crippen LogP contribution < -0.4 is 5.32 Å². The second-order valence-corrected chi connectivity index (χ2v) is 6.87. The maximum atomic E-state index is 13.7. The zero-order valence-electron chi connectivity index (χ0n) is 16.7. The second kappa shape index (κ2) is 8.14. The smallest absolute Gasteiger partial charge is 0.331 e. The van der Waals surface area contributed by atoms with Gasteiger partial charge in [0, 0.05) is 30.7 Å². The van der Waals surface area contributed by atoms with Crippen LogP contribution in [-0.4, -0.2) is 31.0 Å². The molecule has 10 heteroatoms. The van der Waals surface area contributed by atoms with Gasteiger partial charge in [-0.25, -0.2) is 9.67 Å². The first-order valence-corrected chi connectivity index (χ1v) is 9.40. The molecule has 0 spiro atoms. The van der Waals surface area contributed by atoms with E-state index < -0.39 is 23.3 Å². The van der Waals surface area contributed by atoms with Crippen LogP contribution in [0.1, 0.15) is 32.2 Å². The summed E-state index contributed by atoms with van der Waals surface area (Å²) in [7, 11) is 1.68. The lowest BCUT2D eigenvalue weighted by Gasteiger charge is -2.13. The molecule has 1 N–H and O–H groups in total. The van der Waals surface area contributed by atoms with Gasteiger partial charge in [0.05, 0.1) is 17.4 Å². The number of hydrogen-bond donors (Lipinski definition) is 1. The number of hydrogen-bond acceptors (Lipinski definition) is 4. The van der Waals surface area contributed by atoms with E-state index in [1.807, 2.05) is 0 Å². The highest BCUT2D eigenvalue weighted by Crippen LogP contribution is 2.34. The normalized spacial score (nSPS) is 11.4. The maximum Gasteiger partial charge on any atom is 0.434 e. The largest absolute Gasteiger partial charge is 0.434 e. The van der Waals surface area contributed by atoms with Gasteiger partial charge >= 0.3 is 6.18 Å². The molecule has 0 radical (unpaired) electrons. The number of aromatic nitrogens is 4. The monoisotopic (exact) mass is 439 g/mol. The van der Waals surface area contributed by atoms with Crippen molar-refractivity contribution in [3.8, 4) is 5.69 Å². The fourth-order valence-electron chi connectivity index (χ4n) is 3.17. The summed E-state index contributed by atoms with van der Waals surface area (Å²) in [6.07, 6.45) is -0.799. The molecule has 0 aliphatic rings. The summed E-state index contributed by atoms with van der Waals surface area (Å²) in [5, 5.41) is 6.19. The van der Waals surface area contributed by atoms with Crippen LogP contribution in [0.2, 0.25) is 0 Å². The molecule has 4 rings (SSSR count). The first-order chi connectivity index (χ1) is 15.3. The third-order valence-corrected chi connectivity index (χ3v) is 4.71. The number of rotatable bonds is 5. The summed E-state index contributed by atoms with van der Waals surface area (Å²) in [5.74, 6) is -1.05. The fraction of sp³-hybridized carbons (Fsp3) is 0.0909. The molecular weight excluding hydrogens is 423 g/mol. The number of nitrogens with one attached hydrogen (secondary N) is 1. The molecule has 32 heavy (non-hydrogen) atoms. The Morgan fingerprint density at radius 1 is 1.00 bits per heavy atom. The third kappa shape index (κ3) is 4.02. The van der Waals surface area contributed by atoms with Crippen LogP contribution in [0, 0.1) is 0 Å². The van der Waals surface area contributed by atoms with Crippen LogP contribution >= 0.6 is 0 Å². The Morgan fingerprint density at radius 3 is 2.28 bits per heavy atom. The van der Waals surface area contributed by atoms with E-state index >= 15 is 0 Å². The maximum absolute atomic E-state index is 13.7. The lowest BCUT2D eigenvalue weighted by atomic mass is 10.1. The van der Waals surface area contributed by atoms with Crippen LogP contribution in [0.3, 0.4) is 0 Å². The molecule has 0 atom stereocenters. The number of nitrogens with zero attached hydrogens (tertiary/aromatic N) is 4. The molecule has 0 unspecified atom stereocenters. The number of alkyl halides is 3. The lowest BCUT2D eigenvalue weighted by Crippen LogP contribution is -2.20. The van der Waals surface area contributed by atoms with Crippen LogP contribution in [0.15, 0.2) is 73.2 Å². The molecular formula is C22H16F3N5O2. The van der Waals surface area contributed by atoms with E-state index in [0.29, 0.717) is 10.2 Å². The number of imidazole rings is 1. The van der Waals surface area contributed by atoms with E-state index in [-0.39, 0.29) is 23.0 Å². The Labute approximate surface area is 180 Å². The van der Waals surface area contributed by atoms with Gasteiger partial charge < -0.3 is 9.88 Å². The zero-order valence-corrected chi connectivity index (χ0v) is 16.7. The predicted octanol–water partition coefficient (Wildman–Crippen LogP) is 4.11. The minimum atomic E-state index is -4.81. The van der Waals surface area contributed by atoms with Gasteiger partial charge in [-0.15, -0.1) is 0 Å². The summed E-state index contributed by atoms with van der Waals surface area (Å²) in [5.41, 5.74) is -1.06. The van der Waals surface area contributed by atoms with E-state index in [4.69, 9.17) is 0 Å². The molecule has 162 valence electrons. The predicted molar refractivity (Wildman–Crippen MR) is 110 cm³/mol. The molecule has 0 fully saturated rings. The highest BCUT2D eigenvalue weighted by atomic mass is 19.4. The average Bonchev–Trinajstić information content (AvgIpc) is 3.41. The van der Waals surface area contributed by atoms with Gasteiger partial charge in [0.25, 0.3) is 5.91 Å². The van der Waals surface area contributed by atoms with Crippen molar-refractivity contribution in [2.24, 2.45) is 7.05 Å². The second-order valence-electron chi connectivity index (χ2n) is 6.87. The topological polar surface area (TPSA) is 81.8 Å². The molecule has 7 nitrogen and oxygen atoms in total. The van der Waals surface area contributed by atoms with E-state index in [9.17, 15) is 22.8 Å². The number of para-hydroxylation sites is 1. The molecule has 0 saturated heterocycles. The standard InChI is InChI=1S/C22H16F3N5O2/c1-29-12-11-26-20(29)18(31)14-7-9-15(10-8-14)28-21(32)17-13-27-30(19(17)22(23,24)25)16-5-3-2-4-6-16/h2-13H,1H3,(H,28,32). The van der Waals surface area contributed by atoms with E-state index in [0.717, 1.165) is 6.20 Å². The number of amides is 1. The molecule has 0 bridgehead atoms. The Morgan fingerprint density at radius 2 is 1.69 bits per heavy atom. The zero-order chi connectivity index (χ0) is 22.9. The Bertz CT molecular complexity index is 1280. The SMILES string of the molecule is Cn1ccnc1C(=O)c1ccc(NC(=O)c2cnn(-c3ccccc3)c2C(F)(F)F)cc1. The number of aryl methyl sites for hydroxylation is 1. The van der Waals surface area contributed by atoms with Crippen molar-refractivity contribution in [1.29, 1.82) is 0 Å². The molecule has 0 saturated carbocycles. The van der Waals surface area contributed by atoms with Gasteiger partial charge in [0.15, 0.2) is 11.5 Å². The fourth-order valence-corrected chi connectivity index (χ4v) is 3.17. The number of halogens is 3. The minimum Gasteiger partial charge on any atom is -0.331 e. The Hall–Kier alpha value is -4.21. The molecule has 2 aromatic heterocycles. The number of benzene rings is 2. The molecule has 0 aliphatic heterocycles. The van der Waals surface area contributed by atoms with Crippen LogP contribution in [0.4, 0.5) is 18.9 Å². The number of carbonyl (C=O) groups is 2. The van der Waals surface area contributed by atoms with Gasteiger partial charge in [-0.05, 0) is 36.4 Å². The summed E-state index contributed by atoms with van der Waals surface area (Å²) in [6.45, 7) is 0. The third-order valence-electron chi connectivity index (χ3n) is 4.71. The highest BCUT2D eigenvalue weighted by Gasteiger charge is 2.40. The van der Waals surface area contributed by atoms with Gasteiger partial charge in [-0.3, -0.25) is 9.59 Å². The quantitative estimate of drug-likeness (QED) is 0.475. The Balaban J connectivity index is 1.59. The van der Waals surface area contributed by atoms with Crippen molar-refractivity contribution in [3.05, 3.63) is 95.8 Å². The van der Waals surface area contributed by atoms with E-state index in [1.165, 1.54) is 42.6 Å². The van der Waals surface area contributed by atoms with Crippen LogP contribution in [0.5, 0.6) is 0 Å². The first kappa shape index (κ1) is 21.0. The average molecular weight is 439 g/mol. The van der Waals surface area contributed by atoms with Crippen molar-refractivity contribution in [2.45, 2.75) is 6.18 Å². The molecule has 1 amide bonds. The van der Waals surface area contributed by atoms with Crippen molar-refractivity contribution in [3.63, 3.8) is 0 Å². The summed E-state index contributed by atoms with van der Waals surface area (Å²) < 4.78 is 43.5. The van der Waals surface area contributed by atoms with Gasteiger partial charge in [0.1, 0.15) is 0 Å². The van der Waals surface area contributed by atoms with Crippen molar-refractivity contribution in [1.82, 2.24) is 19.3 Å². The molecule has 4 aromatic rings. The summed E-state index contributed by atoms with van der Waals surface area (Å²) in [6, 6.07) is 13.5. The van der Waals surface area contributed by atoms with E-state index in [1.54, 1.807) is 36.0 Å². The summed E-state index contributed by atoms with van der Waals surface area (Å²) >= 11 is 0. The molecule has 2 aromatic carbocycles. The summed E-state index contributed by atoms with van der Waals surface area (Å²) in [4.78, 5) is 29.1. The van der Waals surface area contributed by atoms with Crippen molar-refractivity contribution < 1.29 is 22.8 Å². The van der Waals surface area contributed by atoms with Crippen LogP contribution in [-0.2, 0) is 13.2 Å². The minimum absolute atomic E-state index is 0.177. The Kier molecular flexibility index (Phi) is 5.35.